The molecule has 4 heteroatoms. The Morgan fingerprint density at radius 2 is 1.65 bits per heavy atom. The molecule has 0 saturated carbocycles. The quantitative estimate of drug-likeness (QED) is 0.879. The van der Waals surface area contributed by atoms with Gasteiger partial charge in [-0.2, -0.15) is 0 Å². The number of rotatable bonds is 5. The van der Waals surface area contributed by atoms with Crippen LogP contribution in [0.4, 0.5) is 5.69 Å². The predicted octanol–water partition coefficient (Wildman–Crippen LogP) is 3.59. The van der Waals surface area contributed by atoms with Crippen molar-refractivity contribution in [1.82, 2.24) is 5.32 Å². The Morgan fingerprint density at radius 3 is 2.30 bits per heavy atom. The van der Waals surface area contributed by atoms with Crippen molar-refractivity contribution in [3.63, 3.8) is 0 Å². The Hall–Kier alpha value is -1.55. The molecular weight excluding hydrogens is 308 g/mol. The molecule has 0 bridgehead atoms. The third-order valence-corrected chi connectivity index (χ3v) is 4.81. The van der Waals surface area contributed by atoms with Gasteiger partial charge in [0.25, 0.3) is 0 Å². The molecule has 122 valence electrons. The van der Waals surface area contributed by atoms with Gasteiger partial charge in [0.05, 0.1) is 6.61 Å². The summed E-state index contributed by atoms with van der Waals surface area (Å²) in [5, 5.41) is 13.8. The molecule has 1 heterocycles. The van der Waals surface area contributed by atoms with E-state index in [9.17, 15) is 5.11 Å². The maximum absolute atomic E-state index is 9.39. The van der Waals surface area contributed by atoms with Gasteiger partial charge in [0, 0.05) is 36.4 Å². The highest BCUT2D eigenvalue weighted by Gasteiger charge is 2.19. The molecular formula is C19H23ClN2O. The van der Waals surface area contributed by atoms with Crippen LogP contribution in [0.2, 0.25) is 5.02 Å². The van der Waals surface area contributed by atoms with Crippen molar-refractivity contribution >= 4 is 17.3 Å². The Kier molecular flexibility index (Phi) is 5.55. The number of anilines is 1. The molecule has 1 aliphatic heterocycles. The molecule has 0 spiro atoms. The molecule has 0 radical (unpaired) electrons. The molecule has 0 aromatic heterocycles. The second kappa shape index (κ2) is 7.82. The fraction of sp³-hybridized carbons (Fsp3) is 0.368. The normalized spacial score (nSPS) is 15.8. The van der Waals surface area contributed by atoms with E-state index in [1.807, 2.05) is 30.3 Å². The number of benzene rings is 2. The van der Waals surface area contributed by atoms with Crippen LogP contribution in [0, 0.1) is 0 Å². The summed E-state index contributed by atoms with van der Waals surface area (Å²) in [5.41, 5.74) is 3.45. The predicted molar refractivity (Wildman–Crippen MR) is 95.9 cm³/mol. The number of piperidine rings is 1. The molecule has 0 atom stereocenters. The molecule has 2 N–H and O–H groups in total. The zero-order chi connectivity index (χ0) is 16.1. The fourth-order valence-corrected chi connectivity index (χ4v) is 3.26. The van der Waals surface area contributed by atoms with E-state index in [1.165, 1.54) is 11.3 Å². The molecule has 1 saturated heterocycles. The molecule has 23 heavy (non-hydrogen) atoms. The van der Waals surface area contributed by atoms with E-state index in [1.54, 1.807) is 0 Å². The van der Waals surface area contributed by atoms with Gasteiger partial charge in [0.15, 0.2) is 0 Å². The zero-order valence-corrected chi connectivity index (χ0v) is 14.0. The summed E-state index contributed by atoms with van der Waals surface area (Å²) < 4.78 is 0. The molecule has 2 aromatic carbocycles. The van der Waals surface area contributed by atoms with Crippen molar-refractivity contribution in [2.24, 2.45) is 0 Å². The molecule has 0 aliphatic carbocycles. The standard InChI is InChI=1S/C19H23ClN2O/c20-17-5-7-19(8-6-17)22-11-9-18(10-12-22)21-13-15-3-1-2-4-16(15)14-23/h1-8,18,21,23H,9-14H2. The highest BCUT2D eigenvalue weighted by atomic mass is 35.5. The summed E-state index contributed by atoms with van der Waals surface area (Å²) in [5.74, 6) is 0. The van der Waals surface area contributed by atoms with Crippen molar-refractivity contribution in [3.8, 4) is 0 Å². The SMILES string of the molecule is OCc1ccccc1CNC1CCN(c2ccc(Cl)cc2)CC1. The van der Waals surface area contributed by atoms with Crippen LogP contribution in [0.1, 0.15) is 24.0 Å². The molecule has 0 amide bonds. The lowest BCUT2D eigenvalue weighted by Gasteiger charge is -2.34. The number of hydrogen-bond donors (Lipinski definition) is 2. The second-order valence-electron chi connectivity index (χ2n) is 6.05. The summed E-state index contributed by atoms with van der Waals surface area (Å²) in [7, 11) is 0. The van der Waals surface area contributed by atoms with Gasteiger partial charge in [0.2, 0.25) is 0 Å². The van der Waals surface area contributed by atoms with E-state index in [0.717, 1.165) is 43.1 Å². The average molecular weight is 331 g/mol. The zero-order valence-electron chi connectivity index (χ0n) is 13.2. The number of aliphatic hydroxyl groups excluding tert-OH is 1. The largest absolute Gasteiger partial charge is 0.392 e. The average Bonchev–Trinajstić information content (AvgIpc) is 2.61. The smallest absolute Gasteiger partial charge is 0.0685 e. The van der Waals surface area contributed by atoms with Gasteiger partial charge in [0.1, 0.15) is 0 Å². The first-order valence-corrected chi connectivity index (χ1v) is 8.55. The third-order valence-electron chi connectivity index (χ3n) is 4.56. The van der Waals surface area contributed by atoms with Gasteiger partial charge < -0.3 is 15.3 Å². The third kappa shape index (κ3) is 4.25. The second-order valence-corrected chi connectivity index (χ2v) is 6.48. The molecule has 1 aliphatic rings. The van der Waals surface area contributed by atoms with Crippen LogP contribution in [0.15, 0.2) is 48.5 Å². The van der Waals surface area contributed by atoms with Gasteiger partial charge in [-0.15, -0.1) is 0 Å². The van der Waals surface area contributed by atoms with Crippen LogP contribution in [-0.4, -0.2) is 24.2 Å². The van der Waals surface area contributed by atoms with Crippen molar-refractivity contribution in [2.75, 3.05) is 18.0 Å². The van der Waals surface area contributed by atoms with Gasteiger partial charge in [-0.05, 0) is 48.2 Å². The van der Waals surface area contributed by atoms with E-state index in [-0.39, 0.29) is 6.61 Å². The van der Waals surface area contributed by atoms with Crippen LogP contribution in [0.3, 0.4) is 0 Å². The van der Waals surface area contributed by atoms with Crippen LogP contribution >= 0.6 is 11.6 Å². The maximum atomic E-state index is 9.39. The number of halogens is 1. The van der Waals surface area contributed by atoms with E-state index < -0.39 is 0 Å². The van der Waals surface area contributed by atoms with Crippen molar-refractivity contribution in [1.29, 1.82) is 0 Å². The van der Waals surface area contributed by atoms with Crippen molar-refractivity contribution in [3.05, 3.63) is 64.7 Å². The van der Waals surface area contributed by atoms with E-state index in [2.05, 4.69) is 28.4 Å². The summed E-state index contributed by atoms with van der Waals surface area (Å²) in [4.78, 5) is 2.41. The molecule has 0 unspecified atom stereocenters. The Morgan fingerprint density at radius 1 is 1.00 bits per heavy atom. The van der Waals surface area contributed by atoms with Crippen LogP contribution < -0.4 is 10.2 Å². The minimum Gasteiger partial charge on any atom is -0.392 e. The van der Waals surface area contributed by atoms with Gasteiger partial charge in [-0.1, -0.05) is 35.9 Å². The monoisotopic (exact) mass is 330 g/mol. The van der Waals surface area contributed by atoms with Crippen molar-refractivity contribution < 1.29 is 5.11 Å². The lowest BCUT2D eigenvalue weighted by molar-refractivity contribution is 0.280. The molecule has 2 aromatic rings. The van der Waals surface area contributed by atoms with Crippen LogP contribution in [0.25, 0.3) is 0 Å². The van der Waals surface area contributed by atoms with Gasteiger partial charge >= 0.3 is 0 Å². The minimum atomic E-state index is 0.104. The van der Waals surface area contributed by atoms with E-state index in [4.69, 9.17) is 11.6 Å². The summed E-state index contributed by atoms with van der Waals surface area (Å²) in [6, 6.07) is 16.7. The summed E-state index contributed by atoms with van der Waals surface area (Å²) >= 11 is 5.95. The fourth-order valence-electron chi connectivity index (χ4n) is 3.13. The topological polar surface area (TPSA) is 35.5 Å². The van der Waals surface area contributed by atoms with E-state index in [0.29, 0.717) is 6.04 Å². The minimum absolute atomic E-state index is 0.104. The van der Waals surface area contributed by atoms with Crippen molar-refractivity contribution in [2.45, 2.75) is 32.0 Å². The van der Waals surface area contributed by atoms with Crippen LogP contribution in [0.5, 0.6) is 0 Å². The number of hydrogen-bond acceptors (Lipinski definition) is 3. The first-order chi connectivity index (χ1) is 11.3. The summed E-state index contributed by atoms with van der Waals surface area (Å²) in [6.07, 6.45) is 2.26. The lowest BCUT2D eigenvalue weighted by Crippen LogP contribution is -2.42. The maximum Gasteiger partial charge on any atom is 0.0685 e. The molecule has 1 fully saturated rings. The van der Waals surface area contributed by atoms with Crippen LogP contribution in [-0.2, 0) is 13.2 Å². The lowest BCUT2D eigenvalue weighted by atomic mass is 10.0. The first-order valence-electron chi connectivity index (χ1n) is 8.18. The van der Waals surface area contributed by atoms with Gasteiger partial charge in [-0.25, -0.2) is 0 Å². The number of nitrogens with one attached hydrogen (secondary N) is 1. The molecule has 3 rings (SSSR count). The van der Waals surface area contributed by atoms with E-state index >= 15 is 0 Å². The highest BCUT2D eigenvalue weighted by molar-refractivity contribution is 6.30. The Balaban J connectivity index is 1.50. The number of nitrogens with zero attached hydrogens (tertiary/aromatic N) is 1. The first kappa shape index (κ1) is 16.3. The highest BCUT2D eigenvalue weighted by Crippen LogP contribution is 2.22. The van der Waals surface area contributed by atoms with Gasteiger partial charge in [-0.3, -0.25) is 0 Å². The molecule has 3 nitrogen and oxygen atoms in total. The number of aliphatic hydroxyl groups is 1. The Labute approximate surface area is 142 Å². The summed E-state index contributed by atoms with van der Waals surface area (Å²) in [6.45, 7) is 3.04. The Bertz CT molecular complexity index is 622.